The maximum atomic E-state index is 11.7. The first-order valence-corrected chi connectivity index (χ1v) is 12.7. The second-order valence-corrected chi connectivity index (χ2v) is 14.5. The molecule has 0 radical (unpaired) electrons. The van der Waals surface area contributed by atoms with Crippen LogP contribution < -0.4 is 0 Å². The van der Waals surface area contributed by atoms with Crippen LogP contribution >= 0.6 is 0 Å². The highest BCUT2D eigenvalue weighted by Crippen LogP contribution is 2.45. The maximum absolute atomic E-state index is 11.7. The van der Waals surface area contributed by atoms with Crippen molar-refractivity contribution in [3.8, 4) is 0 Å². The molecule has 2 rings (SSSR count). The lowest BCUT2D eigenvalue weighted by molar-refractivity contribution is -0.0190. The van der Waals surface area contributed by atoms with Gasteiger partial charge in [-0.25, -0.2) is 4.79 Å². The smallest absolute Gasteiger partial charge is 0.407 e. The van der Waals surface area contributed by atoms with Gasteiger partial charge in [-0.05, 0) is 27.8 Å². The number of aliphatic hydroxyl groups is 1. The average Bonchev–Trinajstić information content (AvgIpc) is 2.64. The summed E-state index contributed by atoms with van der Waals surface area (Å²) in [6.07, 6.45) is -0.403. The number of aliphatic hydroxyl groups excluding tert-OH is 1. The van der Waals surface area contributed by atoms with E-state index in [2.05, 4.69) is 48.1 Å². The zero-order valence-electron chi connectivity index (χ0n) is 18.6. The molecule has 3 atom stereocenters. The van der Waals surface area contributed by atoms with Crippen LogP contribution in [0.15, 0.2) is 30.8 Å². The van der Waals surface area contributed by atoms with Crippen LogP contribution in [-0.2, 0) is 4.43 Å². The number of nitrogens with zero attached hydrogens (tertiary/aromatic N) is 1. The maximum Gasteiger partial charge on any atom is 0.407 e. The van der Waals surface area contributed by atoms with E-state index in [0.717, 1.165) is 11.1 Å². The third-order valence-corrected chi connectivity index (χ3v) is 12.6. The SMILES string of the molecule is C=Cc1ccc([C@@H]2[C@@H](O)CN(C(=O)O)C[C@H]2O[Si](C(C)C)(C(C)C)C(C)C)cc1. The molecular weight excluding hydrogens is 382 g/mol. The Balaban J connectivity index is 2.49. The van der Waals surface area contributed by atoms with Gasteiger partial charge >= 0.3 is 6.09 Å². The van der Waals surface area contributed by atoms with Crippen molar-refractivity contribution in [2.75, 3.05) is 13.1 Å². The van der Waals surface area contributed by atoms with Gasteiger partial charge in [-0.1, -0.05) is 78.5 Å². The van der Waals surface area contributed by atoms with Gasteiger partial charge in [0, 0.05) is 12.5 Å². The fraction of sp³-hybridized carbons (Fsp3) is 0.609. The van der Waals surface area contributed by atoms with Crippen molar-refractivity contribution >= 4 is 20.5 Å². The van der Waals surface area contributed by atoms with E-state index in [1.54, 1.807) is 6.08 Å². The van der Waals surface area contributed by atoms with Gasteiger partial charge in [-0.2, -0.15) is 0 Å². The van der Waals surface area contributed by atoms with Crippen molar-refractivity contribution in [2.24, 2.45) is 0 Å². The molecule has 1 aliphatic rings. The molecule has 1 aliphatic heterocycles. The number of hydrogen-bond donors (Lipinski definition) is 2. The molecule has 1 amide bonds. The van der Waals surface area contributed by atoms with E-state index in [0.29, 0.717) is 16.6 Å². The van der Waals surface area contributed by atoms with Crippen molar-refractivity contribution in [1.82, 2.24) is 4.90 Å². The molecule has 29 heavy (non-hydrogen) atoms. The molecule has 2 N–H and O–H groups in total. The van der Waals surface area contributed by atoms with Crippen LogP contribution in [0, 0.1) is 0 Å². The predicted octanol–water partition coefficient (Wildman–Crippen LogP) is 5.33. The molecule has 1 aromatic rings. The van der Waals surface area contributed by atoms with Crippen LogP contribution in [0.3, 0.4) is 0 Å². The van der Waals surface area contributed by atoms with E-state index in [1.807, 2.05) is 24.3 Å². The van der Waals surface area contributed by atoms with E-state index in [1.165, 1.54) is 4.90 Å². The Bertz CT molecular complexity index is 680. The van der Waals surface area contributed by atoms with Gasteiger partial charge in [0.2, 0.25) is 8.32 Å². The zero-order chi connectivity index (χ0) is 21.9. The van der Waals surface area contributed by atoms with Crippen molar-refractivity contribution in [3.05, 3.63) is 42.0 Å². The normalized spacial score (nSPS) is 23.1. The summed E-state index contributed by atoms with van der Waals surface area (Å²) in [5.41, 5.74) is 3.13. The Morgan fingerprint density at radius 2 is 1.62 bits per heavy atom. The van der Waals surface area contributed by atoms with Gasteiger partial charge in [-0.3, -0.25) is 0 Å². The van der Waals surface area contributed by atoms with Gasteiger partial charge in [0.05, 0.1) is 18.8 Å². The molecule has 5 nitrogen and oxygen atoms in total. The second-order valence-electron chi connectivity index (χ2n) is 9.13. The van der Waals surface area contributed by atoms with Crippen molar-refractivity contribution in [3.63, 3.8) is 0 Å². The first-order chi connectivity index (χ1) is 13.5. The standard InChI is InChI=1S/C23H37NO4Si/c1-8-18-9-11-19(12-10-18)22-20(25)13-24(23(26)27)14-21(22)28-29(15(2)3,16(4)5)17(6)7/h8-12,15-17,20-22,25H,1,13-14H2,2-7H3,(H,26,27)/t20-,21+,22+/m0/s1. The van der Waals surface area contributed by atoms with Gasteiger partial charge in [0.15, 0.2) is 0 Å². The van der Waals surface area contributed by atoms with Gasteiger partial charge < -0.3 is 19.5 Å². The Hall–Kier alpha value is -1.63. The van der Waals surface area contributed by atoms with E-state index < -0.39 is 20.5 Å². The Morgan fingerprint density at radius 3 is 2.03 bits per heavy atom. The monoisotopic (exact) mass is 419 g/mol. The minimum atomic E-state index is -2.25. The number of carboxylic acid groups (broad SMARTS) is 1. The largest absolute Gasteiger partial charge is 0.465 e. The minimum absolute atomic E-state index is 0.0999. The first-order valence-electron chi connectivity index (χ1n) is 10.6. The second kappa shape index (κ2) is 9.45. The number of carbonyl (C=O) groups is 1. The predicted molar refractivity (Wildman–Crippen MR) is 121 cm³/mol. The van der Waals surface area contributed by atoms with Crippen LogP contribution in [-0.4, -0.2) is 54.8 Å². The van der Waals surface area contributed by atoms with Crippen LogP contribution in [0.4, 0.5) is 4.79 Å². The lowest BCUT2D eigenvalue weighted by Crippen LogP contribution is -2.59. The first kappa shape index (κ1) is 23.6. The molecule has 0 saturated carbocycles. The van der Waals surface area contributed by atoms with Crippen molar-refractivity contribution in [2.45, 2.75) is 76.3 Å². The van der Waals surface area contributed by atoms with E-state index in [9.17, 15) is 15.0 Å². The summed E-state index contributed by atoms with van der Waals surface area (Å²) < 4.78 is 6.99. The topological polar surface area (TPSA) is 70.0 Å². The number of likely N-dealkylation sites (tertiary alicyclic amines) is 1. The fourth-order valence-electron chi connectivity index (χ4n) is 5.22. The number of rotatable bonds is 7. The van der Waals surface area contributed by atoms with Crippen LogP contribution in [0.2, 0.25) is 16.6 Å². The molecule has 1 aromatic carbocycles. The van der Waals surface area contributed by atoms with Crippen LogP contribution in [0.1, 0.15) is 58.6 Å². The lowest BCUT2D eigenvalue weighted by Gasteiger charge is -2.49. The summed E-state index contributed by atoms with van der Waals surface area (Å²) in [6.45, 7) is 17.5. The number of amides is 1. The van der Waals surface area contributed by atoms with E-state index in [-0.39, 0.29) is 25.1 Å². The average molecular weight is 420 g/mol. The third-order valence-electron chi connectivity index (χ3n) is 6.51. The number of benzene rings is 1. The molecule has 0 aromatic heterocycles. The van der Waals surface area contributed by atoms with Gasteiger partial charge in [-0.15, -0.1) is 0 Å². The summed E-state index contributed by atoms with van der Waals surface area (Å²) in [4.78, 5) is 13.0. The molecule has 0 unspecified atom stereocenters. The summed E-state index contributed by atoms with van der Waals surface area (Å²) in [5, 5.41) is 20.5. The minimum Gasteiger partial charge on any atom is -0.465 e. The highest BCUT2D eigenvalue weighted by molar-refractivity contribution is 6.77. The molecule has 6 heteroatoms. The highest BCUT2D eigenvalue weighted by atomic mass is 28.4. The summed E-state index contributed by atoms with van der Waals surface area (Å²) in [5.74, 6) is -0.257. The molecule has 1 heterocycles. The van der Waals surface area contributed by atoms with Crippen molar-refractivity contribution < 1.29 is 19.4 Å². The summed E-state index contributed by atoms with van der Waals surface area (Å²) in [7, 11) is -2.25. The van der Waals surface area contributed by atoms with Gasteiger partial charge in [0.25, 0.3) is 0 Å². The molecule has 0 spiro atoms. The Labute approximate surface area is 176 Å². The molecule has 1 fully saturated rings. The summed E-state index contributed by atoms with van der Waals surface area (Å²) >= 11 is 0. The Morgan fingerprint density at radius 1 is 1.10 bits per heavy atom. The van der Waals surface area contributed by atoms with Crippen molar-refractivity contribution in [1.29, 1.82) is 0 Å². The highest BCUT2D eigenvalue weighted by Gasteiger charge is 2.50. The fourth-order valence-corrected chi connectivity index (χ4v) is 10.8. The molecule has 0 bridgehead atoms. The van der Waals surface area contributed by atoms with E-state index >= 15 is 0 Å². The van der Waals surface area contributed by atoms with E-state index in [4.69, 9.17) is 4.43 Å². The summed E-state index contributed by atoms with van der Waals surface area (Å²) in [6, 6.07) is 7.96. The molecule has 0 aliphatic carbocycles. The third kappa shape index (κ3) is 4.76. The number of hydrogen-bond acceptors (Lipinski definition) is 3. The van der Waals surface area contributed by atoms with Gasteiger partial charge in [0.1, 0.15) is 0 Å². The zero-order valence-corrected chi connectivity index (χ0v) is 19.6. The number of β-amino-alcohol motifs (C(OH)–C–C–N with tert-alkyl or cyclic N) is 1. The van der Waals surface area contributed by atoms with Crippen LogP contribution in [0.5, 0.6) is 0 Å². The quantitative estimate of drug-likeness (QED) is 0.586. The lowest BCUT2D eigenvalue weighted by atomic mass is 9.84. The molecular formula is C23H37NO4Si. The number of piperidine rings is 1. The molecule has 162 valence electrons. The van der Waals surface area contributed by atoms with Crippen LogP contribution in [0.25, 0.3) is 6.08 Å². The molecule has 1 saturated heterocycles. The Kier molecular flexibility index (Phi) is 7.71.